The third-order valence-corrected chi connectivity index (χ3v) is 9.56. The molecule has 1 aromatic rings. The van der Waals surface area contributed by atoms with Gasteiger partial charge in [0.2, 0.25) is 17.7 Å². The van der Waals surface area contributed by atoms with Crippen molar-refractivity contribution in [2.24, 2.45) is 0 Å². The van der Waals surface area contributed by atoms with E-state index in [1.54, 1.807) is 12.1 Å². The monoisotopic (exact) mass is 957 g/mol. The second-order valence-corrected chi connectivity index (χ2v) is 14.7. The highest BCUT2D eigenvalue weighted by Gasteiger charge is 2.45. The summed E-state index contributed by atoms with van der Waals surface area (Å²) in [5.41, 5.74) is 0.369. The first-order valence-corrected chi connectivity index (χ1v) is 23.0. The van der Waals surface area contributed by atoms with Crippen LogP contribution in [0.1, 0.15) is 66.2 Å². The number of hydrogen-bond donors (Lipinski definition) is 2. The van der Waals surface area contributed by atoms with Crippen LogP contribution in [0.25, 0.3) is 0 Å². The summed E-state index contributed by atoms with van der Waals surface area (Å²) in [6, 6.07) is 3.52. The summed E-state index contributed by atoms with van der Waals surface area (Å²) in [7, 11) is 0. The first-order valence-electron chi connectivity index (χ1n) is 23.0. The third kappa shape index (κ3) is 26.3. The number of ether oxygens (including phenoxy) is 13. The summed E-state index contributed by atoms with van der Waals surface area (Å²) in [4.78, 5) is 74.2. The number of esters is 1. The maximum absolute atomic E-state index is 13.2. The van der Waals surface area contributed by atoms with Gasteiger partial charge < -0.3 is 66.9 Å². The summed E-state index contributed by atoms with van der Waals surface area (Å²) < 4.78 is 70.4. The molecule has 0 bridgehead atoms. The first-order chi connectivity index (χ1) is 32.8. The van der Waals surface area contributed by atoms with E-state index in [-0.39, 0.29) is 54.6 Å². The second kappa shape index (κ2) is 37.9. The van der Waals surface area contributed by atoms with Crippen LogP contribution in [0.3, 0.4) is 0 Å². The van der Waals surface area contributed by atoms with Crippen molar-refractivity contribution in [3.8, 4) is 0 Å². The molecule has 1 saturated heterocycles. The van der Waals surface area contributed by atoms with E-state index in [2.05, 4.69) is 10.6 Å². The van der Waals surface area contributed by atoms with Crippen molar-refractivity contribution in [3.05, 3.63) is 29.3 Å². The van der Waals surface area contributed by atoms with Crippen molar-refractivity contribution in [1.82, 2.24) is 10.2 Å². The number of imide groups is 2. The molecule has 0 aromatic heterocycles. The molecule has 2 aliphatic rings. The van der Waals surface area contributed by atoms with Crippen molar-refractivity contribution in [2.45, 2.75) is 51.5 Å². The van der Waals surface area contributed by atoms with Gasteiger partial charge in [-0.15, -0.1) is 0 Å². The molecular formula is C45H71N3O19. The lowest BCUT2D eigenvalue weighted by atomic mass is 10.0. The van der Waals surface area contributed by atoms with E-state index < -0.39 is 29.7 Å². The standard InChI is InChI=1S/C45H71N3O19/c1-36(49)67-35-34-66-33-32-65-31-30-64-29-28-63-27-26-62-25-24-61-23-22-60-21-20-59-19-18-58-17-16-57-15-14-56-13-12-55-11-4-2-3-8-40(50)46-38-7-5-6-37-42(38)45(54)48(44(37)53)39-9-10-41(51)47-43(39)52/h5-7,39H,2-4,8-35H2,1H3,(H,46,50)(H,47,51,52). The zero-order valence-electron chi connectivity index (χ0n) is 38.9. The molecule has 0 radical (unpaired) electrons. The predicted octanol–water partition coefficient (Wildman–Crippen LogP) is 1.35. The van der Waals surface area contributed by atoms with E-state index in [1.165, 1.54) is 13.0 Å². The van der Waals surface area contributed by atoms with E-state index >= 15 is 0 Å². The molecule has 0 aliphatic carbocycles. The van der Waals surface area contributed by atoms with Crippen LogP contribution in [0.15, 0.2) is 18.2 Å². The quantitative estimate of drug-likeness (QED) is 0.0532. The molecule has 22 heteroatoms. The Kier molecular flexibility index (Phi) is 32.4. The molecule has 5 amide bonds. The van der Waals surface area contributed by atoms with Gasteiger partial charge in [-0.25, -0.2) is 0 Å². The zero-order chi connectivity index (χ0) is 48.0. The normalized spacial score (nSPS) is 14.8. The van der Waals surface area contributed by atoms with Gasteiger partial charge in [0.15, 0.2) is 0 Å². The topological polar surface area (TPSA) is 250 Å². The average Bonchev–Trinajstić information content (AvgIpc) is 3.56. The summed E-state index contributed by atoms with van der Waals surface area (Å²) in [5, 5.41) is 4.90. The lowest BCUT2D eigenvalue weighted by molar-refractivity contribution is -0.142. The Bertz CT molecular complexity index is 1570. The molecule has 0 spiro atoms. The number of nitrogens with zero attached hydrogens (tertiary/aromatic N) is 1. The van der Waals surface area contributed by atoms with Crippen LogP contribution in [0.5, 0.6) is 0 Å². The van der Waals surface area contributed by atoms with Crippen molar-refractivity contribution in [1.29, 1.82) is 0 Å². The SMILES string of the molecule is CC(=O)OCCOCCOCCOCCOCCOCCOCCOCCOCCOCCOCCOCCOCCCCCC(=O)Nc1cccc2c1C(=O)N(C1CCC(=O)NC1=O)C2=O. The number of rotatable bonds is 44. The van der Waals surface area contributed by atoms with Crippen molar-refractivity contribution >= 4 is 41.2 Å². The Balaban J connectivity index is 0.962. The Morgan fingerprint density at radius 1 is 0.537 bits per heavy atom. The van der Waals surface area contributed by atoms with Crippen LogP contribution in [-0.2, 0) is 80.8 Å². The van der Waals surface area contributed by atoms with Gasteiger partial charge in [0, 0.05) is 26.4 Å². The summed E-state index contributed by atoms with van der Waals surface area (Å²) >= 11 is 0. The number of benzene rings is 1. The Morgan fingerprint density at radius 3 is 1.34 bits per heavy atom. The van der Waals surface area contributed by atoms with Crippen molar-refractivity contribution in [2.75, 3.05) is 170 Å². The van der Waals surface area contributed by atoms with Crippen LogP contribution in [0.2, 0.25) is 0 Å². The maximum Gasteiger partial charge on any atom is 0.302 e. The number of hydrogen-bond acceptors (Lipinski definition) is 19. The highest BCUT2D eigenvalue weighted by atomic mass is 16.6. The molecule has 1 atom stereocenters. The molecule has 3 rings (SSSR count). The zero-order valence-corrected chi connectivity index (χ0v) is 38.9. The van der Waals surface area contributed by atoms with Gasteiger partial charge >= 0.3 is 5.97 Å². The fraction of sp³-hybridized carbons (Fsp3) is 0.733. The predicted molar refractivity (Wildman–Crippen MR) is 237 cm³/mol. The van der Waals surface area contributed by atoms with Crippen LogP contribution < -0.4 is 10.6 Å². The molecule has 67 heavy (non-hydrogen) atoms. The van der Waals surface area contributed by atoms with Gasteiger partial charge in [0.05, 0.1) is 169 Å². The number of piperidine rings is 1. The number of carbonyl (C=O) groups excluding carboxylic acids is 6. The number of nitrogens with one attached hydrogen (secondary N) is 2. The smallest absolute Gasteiger partial charge is 0.302 e. The molecule has 22 nitrogen and oxygen atoms in total. The Morgan fingerprint density at radius 2 is 0.940 bits per heavy atom. The summed E-state index contributed by atoms with van der Waals surface area (Å²) in [6.45, 7) is 12.5. The number of unbranched alkanes of at least 4 members (excludes halogenated alkanes) is 2. The number of amides is 5. The van der Waals surface area contributed by atoms with Crippen LogP contribution >= 0.6 is 0 Å². The van der Waals surface area contributed by atoms with E-state index in [1.807, 2.05) is 0 Å². The van der Waals surface area contributed by atoms with Crippen LogP contribution in [0.4, 0.5) is 5.69 Å². The minimum atomic E-state index is -1.08. The summed E-state index contributed by atoms with van der Waals surface area (Å²) in [6.07, 6.45) is 2.42. The van der Waals surface area contributed by atoms with E-state index in [0.717, 1.165) is 17.7 Å². The first kappa shape index (κ1) is 57.3. The molecule has 2 N–H and O–H groups in total. The lowest BCUT2D eigenvalue weighted by Gasteiger charge is -2.27. The molecule has 2 heterocycles. The van der Waals surface area contributed by atoms with Crippen molar-refractivity contribution in [3.63, 3.8) is 0 Å². The van der Waals surface area contributed by atoms with E-state index in [4.69, 9.17) is 61.6 Å². The number of carbonyl (C=O) groups is 6. The number of anilines is 1. The fourth-order valence-electron chi connectivity index (χ4n) is 6.26. The van der Waals surface area contributed by atoms with Crippen molar-refractivity contribution < 1.29 is 90.3 Å². The Hall–Kier alpha value is -4.04. The molecule has 1 fully saturated rings. The fourth-order valence-corrected chi connectivity index (χ4v) is 6.26. The van der Waals surface area contributed by atoms with E-state index in [0.29, 0.717) is 165 Å². The summed E-state index contributed by atoms with van der Waals surface area (Å²) in [5.74, 6) is -3.06. The molecule has 0 saturated carbocycles. The minimum Gasteiger partial charge on any atom is -0.463 e. The van der Waals surface area contributed by atoms with Crippen LogP contribution in [0, 0.1) is 0 Å². The highest BCUT2D eigenvalue weighted by molar-refractivity contribution is 6.26. The average molecular weight is 958 g/mol. The molecule has 2 aliphatic heterocycles. The molecular weight excluding hydrogens is 886 g/mol. The second-order valence-electron chi connectivity index (χ2n) is 14.7. The maximum atomic E-state index is 13.2. The van der Waals surface area contributed by atoms with Gasteiger partial charge in [-0.3, -0.25) is 39.0 Å². The van der Waals surface area contributed by atoms with Gasteiger partial charge in [0.1, 0.15) is 12.6 Å². The number of fused-ring (bicyclic) bond motifs is 1. The van der Waals surface area contributed by atoms with Gasteiger partial charge in [-0.05, 0) is 31.4 Å². The van der Waals surface area contributed by atoms with Gasteiger partial charge in [0.25, 0.3) is 11.8 Å². The molecule has 1 unspecified atom stereocenters. The largest absolute Gasteiger partial charge is 0.463 e. The highest BCUT2D eigenvalue weighted by Crippen LogP contribution is 2.32. The molecule has 1 aromatic carbocycles. The van der Waals surface area contributed by atoms with Gasteiger partial charge in [-0.2, -0.15) is 0 Å². The third-order valence-electron chi connectivity index (χ3n) is 9.56. The van der Waals surface area contributed by atoms with Gasteiger partial charge in [-0.1, -0.05) is 12.5 Å². The molecule has 380 valence electrons. The van der Waals surface area contributed by atoms with Crippen LogP contribution in [-0.4, -0.2) is 212 Å². The van der Waals surface area contributed by atoms with E-state index in [9.17, 15) is 28.8 Å². The minimum absolute atomic E-state index is 0.0242. The Labute approximate surface area is 392 Å². The lowest BCUT2D eigenvalue weighted by Crippen LogP contribution is -2.54.